The van der Waals surface area contributed by atoms with Gasteiger partial charge in [0, 0.05) is 17.6 Å². The van der Waals surface area contributed by atoms with Crippen molar-refractivity contribution in [1.82, 2.24) is 14.8 Å². The summed E-state index contributed by atoms with van der Waals surface area (Å²) in [6.07, 6.45) is -0.350. The van der Waals surface area contributed by atoms with Gasteiger partial charge in [-0.1, -0.05) is 54.9 Å². The zero-order valence-corrected chi connectivity index (χ0v) is 21.2. The summed E-state index contributed by atoms with van der Waals surface area (Å²) < 4.78 is 13.4. The molecule has 33 heavy (non-hydrogen) atoms. The normalized spacial score (nSPS) is 12.0. The van der Waals surface area contributed by atoms with Crippen LogP contribution in [-0.2, 0) is 11.3 Å². The van der Waals surface area contributed by atoms with Crippen LogP contribution in [-0.4, -0.2) is 33.5 Å². The molecule has 3 aromatic rings. The van der Waals surface area contributed by atoms with E-state index in [9.17, 15) is 4.79 Å². The summed E-state index contributed by atoms with van der Waals surface area (Å²) in [6, 6.07) is 12.3. The SMILES string of the molecule is COc1cccc(OC(C)c2nnc(SCC(=O)Nc3cc(Cl)ccc3Cl)n2CC(C)C)c1. The van der Waals surface area contributed by atoms with E-state index >= 15 is 0 Å². The largest absolute Gasteiger partial charge is 0.497 e. The average molecular weight is 509 g/mol. The van der Waals surface area contributed by atoms with Crippen LogP contribution in [0.1, 0.15) is 32.7 Å². The second-order valence-corrected chi connectivity index (χ2v) is 9.53. The number of thioether (sulfide) groups is 1. The van der Waals surface area contributed by atoms with E-state index in [0.29, 0.717) is 50.7 Å². The molecule has 0 spiro atoms. The second kappa shape index (κ2) is 11.6. The first-order valence-electron chi connectivity index (χ1n) is 10.4. The van der Waals surface area contributed by atoms with Crippen molar-refractivity contribution in [3.05, 3.63) is 58.3 Å². The Balaban J connectivity index is 1.71. The standard InChI is InChI=1S/C23H26Cl2N4O3S/c1-14(2)12-29-22(15(3)32-18-7-5-6-17(11-18)31-4)27-28-23(29)33-13-21(30)26-20-10-16(24)8-9-19(20)25/h5-11,14-15H,12-13H2,1-4H3,(H,26,30). The fraction of sp³-hybridized carbons (Fsp3) is 0.348. The van der Waals surface area contributed by atoms with Crippen LogP contribution in [0.5, 0.6) is 11.5 Å². The molecule has 0 radical (unpaired) electrons. The molecule has 1 N–H and O–H groups in total. The highest BCUT2D eigenvalue weighted by Gasteiger charge is 2.21. The van der Waals surface area contributed by atoms with Gasteiger partial charge in [0.25, 0.3) is 0 Å². The highest BCUT2D eigenvalue weighted by Crippen LogP contribution is 2.28. The minimum Gasteiger partial charge on any atom is -0.497 e. The van der Waals surface area contributed by atoms with Crippen LogP contribution in [0, 0.1) is 5.92 Å². The van der Waals surface area contributed by atoms with E-state index < -0.39 is 0 Å². The third-order valence-corrected chi connectivity index (χ3v) is 6.08. The Morgan fingerprint density at radius 1 is 1.12 bits per heavy atom. The molecule has 0 saturated heterocycles. The number of aromatic nitrogens is 3. The summed E-state index contributed by atoms with van der Waals surface area (Å²) in [6.45, 7) is 6.83. The molecular formula is C23H26Cl2N4O3S. The molecule has 176 valence electrons. The average Bonchev–Trinajstić information content (AvgIpc) is 3.17. The molecule has 0 aliphatic rings. The molecule has 1 aromatic heterocycles. The van der Waals surface area contributed by atoms with E-state index in [1.165, 1.54) is 11.8 Å². The van der Waals surface area contributed by atoms with Gasteiger partial charge in [-0.2, -0.15) is 0 Å². The molecule has 0 fully saturated rings. The van der Waals surface area contributed by atoms with Crippen LogP contribution in [0.25, 0.3) is 0 Å². The van der Waals surface area contributed by atoms with Gasteiger partial charge >= 0.3 is 0 Å². The van der Waals surface area contributed by atoms with Crippen molar-refractivity contribution in [3.8, 4) is 11.5 Å². The maximum Gasteiger partial charge on any atom is 0.234 e. The van der Waals surface area contributed by atoms with Crippen molar-refractivity contribution in [2.24, 2.45) is 5.92 Å². The fourth-order valence-corrected chi connectivity index (χ4v) is 4.18. The van der Waals surface area contributed by atoms with E-state index in [-0.39, 0.29) is 17.8 Å². The number of ether oxygens (including phenoxy) is 2. The summed E-state index contributed by atoms with van der Waals surface area (Å²) >= 11 is 13.4. The maximum absolute atomic E-state index is 12.5. The zero-order chi connectivity index (χ0) is 24.0. The number of hydrogen-bond acceptors (Lipinski definition) is 6. The minimum atomic E-state index is -0.350. The molecule has 0 aliphatic carbocycles. The number of rotatable bonds is 10. The molecule has 1 unspecified atom stereocenters. The molecule has 3 rings (SSSR count). The lowest BCUT2D eigenvalue weighted by atomic mass is 10.2. The highest BCUT2D eigenvalue weighted by molar-refractivity contribution is 7.99. The first-order valence-corrected chi connectivity index (χ1v) is 12.1. The van der Waals surface area contributed by atoms with E-state index in [1.807, 2.05) is 35.8 Å². The highest BCUT2D eigenvalue weighted by atomic mass is 35.5. The lowest BCUT2D eigenvalue weighted by Gasteiger charge is -2.18. The van der Waals surface area contributed by atoms with Gasteiger partial charge in [-0.05, 0) is 43.2 Å². The van der Waals surface area contributed by atoms with Gasteiger partial charge in [0.15, 0.2) is 17.1 Å². The van der Waals surface area contributed by atoms with Gasteiger partial charge in [-0.25, -0.2) is 0 Å². The first-order chi connectivity index (χ1) is 15.8. The van der Waals surface area contributed by atoms with Gasteiger partial charge in [0.1, 0.15) is 11.5 Å². The summed E-state index contributed by atoms with van der Waals surface area (Å²) in [5.41, 5.74) is 0.472. The summed E-state index contributed by atoms with van der Waals surface area (Å²) in [4.78, 5) is 12.5. The summed E-state index contributed by atoms with van der Waals surface area (Å²) in [7, 11) is 1.61. The smallest absolute Gasteiger partial charge is 0.234 e. The number of hydrogen-bond donors (Lipinski definition) is 1. The van der Waals surface area contributed by atoms with Gasteiger partial charge in [-0.15, -0.1) is 10.2 Å². The number of carbonyl (C=O) groups is 1. The van der Waals surface area contributed by atoms with Crippen molar-refractivity contribution in [1.29, 1.82) is 0 Å². The van der Waals surface area contributed by atoms with Crippen molar-refractivity contribution in [3.63, 3.8) is 0 Å². The van der Waals surface area contributed by atoms with E-state index in [1.54, 1.807) is 25.3 Å². The number of methoxy groups -OCH3 is 1. The van der Waals surface area contributed by atoms with Gasteiger partial charge < -0.3 is 19.4 Å². The molecule has 0 aliphatic heterocycles. The number of benzene rings is 2. The van der Waals surface area contributed by atoms with Gasteiger partial charge in [0.2, 0.25) is 5.91 Å². The Morgan fingerprint density at radius 2 is 1.88 bits per heavy atom. The van der Waals surface area contributed by atoms with Crippen molar-refractivity contribution < 1.29 is 14.3 Å². The van der Waals surface area contributed by atoms with E-state index in [4.69, 9.17) is 32.7 Å². The third kappa shape index (κ3) is 7.03. The Morgan fingerprint density at radius 3 is 2.61 bits per heavy atom. The molecule has 1 atom stereocenters. The van der Waals surface area contributed by atoms with Gasteiger partial charge in [0.05, 0.1) is 23.6 Å². The Hall–Kier alpha value is -2.42. The Bertz CT molecular complexity index is 1110. The van der Waals surface area contributed by atoms with Crippen LogP contribution in [0.4, 0.5) is 5.69 Å². The number of nitrogens with one attached hydrogen (secondary N) is 1. The molecule has 1 heterocycles. The number of carbonyl (C=O) groups excluding carboxylic acids is 1. The summed E-state index contributed by atoms with van der Waals surface area (Å²) in [5, 5.41) is 13.0. The number of amides is 1. The Labute approximate surface area is 207 Å². The van der Waals surface area contributed by atoms with Crippen molar-refractivity contribution in [2.75, 3.05) is 18.2 Å². The molecule has 0 saturated carbocycles. The van der Waals surface area contributed by atoms with Crippen LogP contribution < -0.4 is 14.8 Å². The predicted octanol–water partition coefficient (Wildman–Crippen LogP) is 6.12. The third-order valence-electron chi connectivity index (χ3n) is 4.55. The number of halogens is 2. The second-order valence-electron chi connectivity index (χ2n) is 7.75. The lowest BCUT2D eigenvalue weighted by molar-refractivity contribution is -0.113. The zero-order valence-electron chi connectivity index (χ0n) is 18.8. The molecular weight excluding hydrogens is 483 g/mol. The number of anilines is 1. The molecule has 0 bridgehead atoms. The quantitative estimate of drug-likeness (QED) is 0.332. The van der Waals surface area contributed by atoms with Crippen LogP contribution >= 0.6 is 35.0 Å². The Kier molecular flexibility index (Phi) is 8.88. The van der Waals surface area contributed by atoms with Crippen molar-refractivity contribution >= 4 is 46.6 Å². The molecule has 7 nitrogen and oxygen atoms in total. The van der Waals surface area contributed by atoms with Crippen LogP contribution in [0.3, 0.4) is 0 Å². The maximum atomic E-state index is 12.5. The monoisotopic (exact) mass is 508 g/mol. The lowest BCUT2D eigenvalue weighted by Crippen LogP contribution is -2.17. The molecule has 1 amide bonds. The minimum absolute atomic E-state index is 0.143. The van der Waals surface area contributed by atoms with Crippen LogP contribution in [0.15, 0.2) is 47.6 Å². The molecule has 2 aromatic carbocycles. The van der Waals surface area contributed by atoms with Gasteiger partial charge in [-0.3, -0.25) is 4.79 Å². The first kappa shape index (κ1) is 25.2. The van der Waals surface area contributed by atoms with E-state index in [2.05, 4.69) is 29.4 Å². The topological polar surface area (TPSA) is 78.3 Å². The predicted molar refractivity (Wildman–Crippen MR) is 133 cm³/mol. The number of nitrogens with zero attached hydrogens (tertiary/aromatic N) is 3. The molecule has 10 heteroatoms. The van der Waals surface area contributed by atoms with E-state index in [0.717, 1.165) is 0 Å². The van der Waals surface area contributed by atoms with Crippen LogP contribution in [0.2, 0.25) is 10.0 Å². The summed E-state index contributed by atoms with van der Waals surface area (Å²) in [5.74, 6) is 2.35. The van der Waals surface area contributed by atoms with Crippen molar-refractivity contribution in [2.45, 2.75) is 38.6 Å². The fourth-order valence-electron chi connectivity index (χ4n) is 3.09.